The highest BCUT2D eigenvalue weighted by molar-refractivity contribution is 7.11. The molecule has 18 heavy (non-hydrogen) atoms. The Kier molecular flexibility index (Phi) is 4.38. The maximum atomic E-state index is 11.2. The van der Waals surface area contributed by atoms with Crippen molar-refractivity contribution in [3.63, 3.8) is 0 Å². The highest BCUT2D eigenvalue weighted by atomic mass is 32.1. The van der Waals surface area contributed by atoms with E-state index in [1.54, 1.807) is 0 Å². The Morgan fingerprint density at radius 1 is 1.56 bits per heavy atom. The normalized spacial score (nSPS) is 14.7. The molecule has 2 rings (SSSR count). The van der Waals surface area contributed by atoms with Gasteiger partial charge in [-0.25, -0.2) is 0 Å². The molecule has 1 heterocycles. The minimum absolute atomic E-state index is 0.194. The SMILES string of the molecule is NC(=O)c1c(N)nsc1NCCCOCC1CC1. The summed E-state index contributed by atoms with van der Waals surface area (Å²) in [5.74, 6) is 0.439. The molecule has 0 spiro atoms. The van der Waals surface area contributed by atoms with Gasteiger partial charge in [-0.2, -0.15) is 4.37 Å². The first-order valence-electron chi connectivity index (χ1n) is 6.05. The minimum Gasteiger partial charge on any atom is -0.382 e. The summed E-state index contributed by atoms with van der Waals surface area (Å²) in [6, 6.07) is 0. The summed E-state index contributed by atoms with van der Waals surface area (Å²) in [5.41, 5.74) is 11.1. The van der Waals surface area contributed by atoms with Gasteiger partial charge >= 0.3 is 0 Å². The zero-order valence-corrected chi connectivity index (χ0v) is 11.0. The Labute approximate surface area is 110 Å². The van der Waals surface area contributed by atoms with Crippen LogP contribution in [0.25, 0.3) is 0 Å². The van der Waals surface area contributed by atoms with Gasteiger partial charge in [-0.05, 0) is 36.7 Å². The molecule has 1 saturated carbocycles. The molecule has 6 nitrogen and oxygen atoms in total. The Bertz CT molecular complexity index is 417. The van der Waals surface area contributed by atoms with Crippen LogP contribution in [0.2, 0.25) is 0 Å². The number of nitrogen functional groups attached to an aromatic ring is 1. The summed E-state index contributed by atoms with van der Waals surface area (Å²) >= 11 is 1.16. The number of primary amides is 1. The molecule has 1 aliphatic rings. The van der Waals surface area contributed by atoms with Crippen molar-refractivity contribution in [2.24, 2.45) is 11.7 Å². The third-order valence-electron chi connectivity index (χ3n) is 2.77. The van der Waals surface area contributed by atoms with Crippen LogP contribution in [0, 0.1) is 5.92 Å². The Morgan fingerprint density at radius 3 is 3.00 bits per heavy atom. The van der Waals surface area contributed by atoms with Crippen molar-refractivity contribution in [1.29, 1.82) is 0 Å². The van der Waals surface area contributed by atoms with Gasteiger partial charge in [-0.3, -0.25) is 4.79 Å². The molecule has 1 aliphatic carbocycles. The molecule has 0 saturated heterocycles. The largest absolute Gasteiger partial charge is 0.382 e. The van der Waals surface area contributed by atoms with Crippen LogP contribution in [0.15, 0.2) is 0 Å². The van der Waals surface area contributed by atoms with Gasteiger partial charge in [-0.15, -0.1) is 0 Å². The number of hydrogen-bond acceptors (Lipinski definition) is 6. The molecule has 100 valence electrons. The van der Waals surface area contributed by atoms with Crippen LogP contribution < -0.4 is 16.8 Å². The summed E-state index contributed by atoms with van der Waals surface area (Å²) in [6.07, 6.45) is 3.49. The van der Waals surface area contributed by atoms with E-state index in [0.29, 0.717) is 17.1 Å². The second kappa shape index (κ2) is 6.01. The summed E-state index contributed by atoms with van der Waals surface area (Å²) in [4.78, 5) is 11.2. The average Bonchev–Trinajstić information content (AvgIpc) is 3.06. The molecule has 1 amide bonds. The molecule has 0 aromatic carbocycles. The number of nitrogens with zero attached hydrogens (tertiary/aromatic N) is 1. The summed E-state index contributed by atoms with van der Waals surface area (Å²) in [5, 5.41) is 3.76. The fraction of sp³-hybridized carbons (Fsp3) is 0.636. The lowest BCUT2D eigenvalue weighted by Gasteiger charge is -2.05. The third kappa shape index (κ3) is 3.58. The van der Waals surface area contributed by atoms with E-state index in [2.05, 4.69) is 9.69 Å². The fourth-order valence-corrected chi connectivity index (χ4v) is 2.32. The molecular formula is C11H18N4O2S. The monoisotopic (exact) mass is 270 g/mol. The lowest BCUT2D eigenvalue weighted by molar-refractivity contribution is 0.100. The highest BCUT2D eigenvalue weighted by Crippen LogP contribution is 2.29. The number of aromatic nitrogens is 1. The lowest BCUT2D eigenvalue weighted by atomic mass is 10.3. The van der Waals surface area contributed by atoms with E-state index < -0.39 is 5.91 Å². The number of nitrogens with one attached hydrogen (secondary N) is 1. The Morgan fingerprint density at radius 2 is 2.33 bits per heavy atom. The number of amides is 1. The van der Waals surface area contributed by atoms with Crippen LogP contribution in [-0.4, -0.2) is 30.0 Å². The first kappa shape index (κ1) is 13.1. The molecule has 0 aliphatic heterocycles. The second-order valence-electron chi connectivity index (χ2n) is 4.43. The molecule has 0 atom stereocenters. The number of anilines is 2. The molecular weight excluding hydrogens is 252 g/mol. The van der Waals surface area contributed by atoms with E-state index in [1.807, 2.05) is 0 Å². The van der Waals surface area contributed by atoms with Gasteiger partial charge < -0.3 is 21.5 Å². The molecule has 1 aromatic heterocycles. The van der Waals surface area contributed by atoms with Gasteiger partial charge in [0.25, 0.3) is 5.91 Å². The number of hydrogen-bond donors (Lipinski definition) is 3. The highest BCUT2D eigenvalue weighted by Gasteiger charge is 2.21. The third-order valence-corrected chi connectivity index (χ3v) is 3.59. The predicted octanol–water partition coefficient (Wildman–Crippen LogP) is 1.05. The van der Waals surface area contributed by atoms with Crippen molar-refractivity contribution in [2.75, 3.05) is 30.8 Å². The van der Waals surface area contributed by atoms with Gasteiger partial charge in [-0.1, -0.05) is 0 Å². The number of ether oxygens (including phenoxy) is 1. The van der Waals surface area contributed by atoms with E-state index in [9.17, 15) is 4.79 Å². The van der Waals surface area contributed by atoms with E-state index >= 15 is 0 Å². The van der Waals surface area contributed by atoms with E-state index in [0.717, 1.165) is 37.1 Å². The first-order chi connectivity index (χ1) is 8.68. The van der Waals surface area contributed by atoms with Crippen LogP contribution in [-0.2, 0) is 4.74 Å². The lowest BCUT2D eigenvalue weighted by Crippen LogP contribution is -2.15. The number of carbonyl (C=O) groups excluding carboxylic acids is 1. The van der Waals surface area contributed by atoms with Gasteiger partial charge in [0.05, 0.1) is 0 Å². The van der Waals surface area contributed by atoms with Crippen molar-refractivity contribution in [2.45, 2.75) is 19.3 Å². The van der Waals surface area contributed by atoms with Crippen molar-refractivity contribution in [3.8, 4) is 0 Å². The van der Waals surface area contributed by atoms with Crippen molar-refractivity contribution >= 4 is 28.3 Å². The van der Waals surface area contributed by atoms with E-state index in [4.69, 9.17) is 16.2 Å². The first-order valence-corrected chi connectivity index (χ1v) is 6.82. The van der Waals surface area contributed by atoms with Crippen LogP contribution in [0.5, 0.6) is 0 Å². The molecule has 0 bridgehead atoms. The fourth-order valence-electron chi connectivity index (χ4n) is 1.57. The summed E-state index contributed by atoms with van der Waals surface area (Å²) < 4.78 is 9.42. The van der Waals surface area contributed by atoms with Gasteiger partial charge in [0.1, 0.15) is 10.6 Å². The van der Waals surface area contributed by atoms with Crippen molar-refractivity contribution in [3.05, 3.63) is 5.56 Å². The zero-order valence-electron chi connectivity index (χ0n) is 10.1. The quantitative estimate of drug-likeness (QED) is 0.613. The standard InChI is InChI=1S/C11H18N4O2S/c12-9-8(10(13)16)11(18-15-9)14-4-1-5-17-6-7-2-3-7/h7,14H,1-6H2,(H2,12,15)(H2,13,16). The molecule has 0 unspecified atom stereocenters. The maximum absolute atomic E-state index is 11.2. The van der Waals surface area contributed by atoms with Gasteiger partial charge in [0, 0.05) is 19.8 Å². The van der Waals surface area contributed by atoms with Crippen LogP contribution in [0.3, 0.4) is 0 Å². The average molecular weight is 270 g/mol. The number of carbonyl (C=O) groups is 1. The molecule has 1 fully saturated rings. The smallest absolute Gasteiger partial charge is 0.255 e. The molecule has 0 radical (unpaired) electrons. The second-order valence-corrected chi connectivity index (χ2v) is 5.21. The Balaban J connectivity index is 1.67. The van der Waals surface area contributed by atoms with E-state index in [-0.39, 0.29) is 5.82 Å². The van der Waals surface area contributed by atoms with Gasteiger partial charge in [0.2, 0.25) is 0 Å². The van der Waals surface area contributed by atoms with Crippen molar-refractivity contribution in [1.82, 2.24) is 4.37 Å². The topological polar surface area (TPSA) is 103 Å². The zero-order chi connectivity index (χ0) is 13.0. The summed E-state index contributed by atoms with van der Waals surface area (Å²) in [6.45, 7) is 2.32. The van der Waals surface area contributed by atoms with Gasteiger partial charge in [0.15, 0.2) is 5.82 Å². The molecule has 7 heteroatoms. The number of rotatable bonds is 8. The molecule has 1 aromatic rings. The van der Waals surface area contributed by atoms with E-state index in [1.165, 1.54) is 12.8 Å². The van der Waals surface area contributed by atoms with Crippen molar-refractivity contribution < 1.29 is 9.53 Å². The Hall–Kier alpha value is -1.34. The maximum Gasteiger partial charge on any atom is 0.255 e. The molecule has 5 N–H and O–H groups in total. The van der Waals surface area contributed by atoms with Crippen LogP contribution in [0.4, 0.5) is 10.8 Å². The minimum atomic E-state index is -0.547. The number of nitrogens with two attached hydrogens (primary N) is 2. The predicted molar refractivity (Wildman–Crippen MR) is 71.7 cm³/mol. The van der Waals surface area contributed by atoms with Crippen LogP contribution >= 0.6 is 11.5 Å². The summed E-state index contributed by atoms with van der Waals surface area (Å²) in [7, 11) is 0. The van der Waals surface area contributed by atoms with Crippen LogP contribution in [0.1, 0.15) is 29.6 Å².